The number of rotatable bonds is 3. The molecule has 0 aromatic carbocycles. The molecule has 0 bridgehead atoms. The van der Waals surface area contributed by atoms with E-state index in [0.29, 0.717) is 0 Å². The van der Waals surface area contributed by atoms with Crippen LogP contribution < -0.4 is 0 Å². The van der Waals surface area contributed by atoms with E-state index in [9.17, 15) is 5.11 Å². The topological polar surface area (TPSA) is 33.1 Å². The van der Waals surface area contributed by atoms with Crippen molar-refractivity contribution >= 4 is 38.6 Å². The number of hydrogen-bond acceptors (Lipinski definition) is 4. The molecule has 0 aliphatic heterocycles. The van der Waals surface area contributed by atoms with Gasteiger partial charge in [-0.15, -0.1) is 22.7 Å². The van der Waals surface area contributed by atoms with Crippen LogP contribution in [0.25, 0.3) is 9.88 Å². The van der Waals surface area contributed by atoms with Crippen molar-refractivity contribution in [3.63, 3.8) is 0 Å². The number of thiophene rings is 1. The van der Waals surface area contributed by atoms with Crippen molar-refractivity contribution in [2.75, 3.05) is 6.61 Å². The predicted octanol–water partition coefficient (Wildman–Crippen LogP) is 3.97. The molecule has 1 N–H and O–H groups in total. The molecule has 2 aromatic heterocycles. The zero-order valence-corrected chi connectivity index (χ0v) is 12.6. The fraction of sp³-hybridized carbons (Fsp3) is 0.417. The number of aliphatic hydroxyl groups is 1. The largest absolute Gasteiger partial charge is 0.395 e. The number of halogens is 1. The molecule has 1 aliphatic rings. The van der Waals surface area contributed by atoms with Crippen LogP contribution in [0.1, 0.15) is 23.4 Å². The van der Waals surface area contributed by atoms with E-state index in [1.165, 1.54) is 9.75 Å². The second kappa shape index (κ2) is 4.16. The number of aryl methyl sites for hydroxylation is 1. The summed E-state index contributed by atoms with van der Waals surface area (Å²) in [6.45, 7) is 2.30. The second-order valence-corrected chi connectivity index (χ2v) is 7.33. The molecule has 3 rings (SSSR count). The van der Waals surface area contributed by atoms with Crippen molar-refractivity contribution in [1.82, 2.24) is 4.98 Å². The summed E-state index contributed by atoms with van der Waals surface area (Å²) in [5.74, 6) is 0. The molecule has 0 atom stereocenters. The van der Waals surface area contributed by atoms with E-state index in [0.717, 1.165) is 28.0 Å². The van der Waals surface area contributed by atoms with Crippen LogP contribution in [0.3, 0.4) is 0 Å². The fourth-order valence-electron chi connectivity index (χ4n) is 2.03. The molecule has 90 valence electrons. The highest BCUT2D eigenvalue weighted by atomic mass is 79.9. The van der Waals surface area contributed by atoms with E-state index >= 15 is 0 Å². The zero-order valence-electron chi connectivity index (χ0n) is 9.36. The lowest BCUT2D eigenvalue weighted by Gasteiger charge is -2.08. The Hall–Kier alpha value is -0.230. The van der Waals surface area contributed by atoms with Crippen LogP contribution >= 0.6 is 38.6 Å². The van der Waals surface area contributed by atoms with Crippen LogP contribution in [-0.4, -0.2) is 16.7 Å². The molecule has 0 amide bonds. The molecule has 2 heterocycles. The Morgan fingerprint density at radius 1 is 1.53 bits per heavy atom. The third kappa shape index (κ3) is 1.99. The highest BCUT2D eigenvalue weighted by molar-refractivity contribution is 9.10. The molecule has 0 radical (unpaired) electrons. The molecule has 5 heteroatoms. The average molecular weight is 330 g/mol. The van der Waals surface area contributed by atoms with Crippen molar-refractivity contribution in [2.45, 2.75) is 25.2 Å². The first kappa shape index (κ1) is 11.8. The minimum atomic E-state index is 0.0362. The van der Waals surface area contributed by atoms with Gasteiger partial charge in [0.2, 0.25) is 0 Å². The summed E-state index contributed by atoms with van der Waals surface area (Å²) in [6.07, 6.45) is 2.19. The standard InChI is InChI=1S/C12H12BrNOS2/c1-7-10(12(6-15)2-3-12)17-11(14-7)9-4-8(13)5-16-9/h4-5,15H,2-3,6H2,1H3. The third-order valence-corrected chi connectivity index (χ3v) is 6.48. The van der Waals surface area contributed by atoms with Gasteiger partial charge in [0, 0.05) is 20.1 Å². The molecule has 1 saturated carbocycles. The van der Waals surface area contributed by atoms with Gasteiger partial charge < -0.3 is 5.11 Å². The van der Waals surface area contributed by atoms with E-state index in [2.05, 4.69) is 32.4 Å². The molecule has 0 saturated heterocycles. The first-order valence-corrected chi connectivity index (χ1v) is 7.97. The summed E-state index contributed by atoms with van der Waals surface area (Å²) in [4.78, 5) is 7.12. The maximum Gasteiger partial charge on any atom is 0.133 e. The molecule has 2 aromatic rings. The lowest BCUT2D eigenvalue weighted by molar-refractivity contribution is 0.256. The van der Waals surface area contributed by atoms with Crippen LogP contribution in [0.15, 0.2) is 15.9 Å². The normalized spacial score (nSPS) is 17.4. The monoisotopic (exact) mass is 329 g/mol. The van der Waals surface area contributed by atoms with Gasteiger partial charge in [-0.3, -0.25) is 0 Å². The van der Waals surface area contributed by atoms with Gasteiger partial charge in [0.1, 0.15) is 5.01 Å². The van der Waals surface area contributed by atoms with Gasteiger partial charge in [-0.25, -0.2) is 4.98 Å². The fourth-order valence-corrected chi connectivity index (χ4v) is 4.82. The van der Waals surface area contributed by atoms with Crippen LogP contribution in [0.2, 0.25) is 0 Å². The zero-order chi connectivity index (χ0) is 12.0. The van der Waals surface area contributed by atoms with Crippen molar-refractivity contribution in [2.24, 2.45) is 0 Å². The van der Waals surface area contributed by atoms with Gasteiger partial charge in [0.05, 0.1) is 17.2 Å². The van der Waals surface area contributed by atoms with Crippen molar-refractivity contribution < 1.29 is 5.11 Å². The summed E-state index contributed by atoms with van der Waals surface area (Å²) in [5, 5.41) is 12.6. The Labute approximate surface area is 116 Å². The minimum Gasteiger partial charge on any atom is -0.395 e. The highest BCUT2D eigenvalue weighted by Gasteiger charge is 2.46. The molecular weight excluding hydrogens is 318 g/mol. The number of hydrogen-bond donors (Lipinski definition) is 1. The van der Waals surface area contributed by atoms with Crippen LogP contribution in [0, 0.1) is 6.92 Å². The molecular formula is C12H12BrNOS2. The number of nitrogens with zero attached hydrogens (tertiary/aromatic N) is 1. The molecule has 0 unspecified atom stereocenters. The maximum atomic E-state index is 9.49. The summed E-state index contributed by atoms with van der Waals surface area (Å²) in [5.41, 5.74) is 1.12. The van der Waals surface area contributed by atoms with Gasteiger partial charge in [-0.2, -0.15) is 0 Å². The minimum absolute atomic E-state index is 0.0362. The van der Waals surface area contributed by atoms with E-state index in [4.69, 9.17) is 0 Å². The van der Waals surface area contributed by atoms with Crippen LogP contribution in [-0.2, 0) is 5.41 Å². The summed E-state index contributed by atoms with van der Waals surface area (Å²) >= 11 is 6.91. The van der Waals surface area contributed by atoms with Gasteiger partial charge in [0.15, 0.2) is 0 Å². The number of thiazole rings is 1. The summed E-state index contributed by atoms with van der Waals surface area (Å²) in [6, 6.07) is 2.10. The molecule has 1 aliphatic carbocycles. The van der Waals surface area contributed by atoms with Gasteiger partial charge in [0.25, 0.3) is 0 Å². The van der Waals surface area contributed by atoms with Crippen molar-refractivity contribution in [3.8, 4) is 9.88 Å². The lowest BCUT2D eigenvalue weighted by Crippen LogP contribution is -2.11. The molecule has 1 fully saturated rings. The van der Waals surface area contributed by atoms with Gasteiger partial charge in [-0.1, -0.05) is 0 Å². The Kier molecular flexibility index (Phi) is 2.89. The molecule has 0 spiro atoms. The quantitative estimate of drug-likeness (QED) is 0.924. The van der Waals surface area contributed by atoms with Crippen LogP contribution in [0.5, 0.6) is 0 Å². The van der Waals surface area contributed by atoms with E-state index in [-0.39, 0.29) is 12.0 Å². The maximum absolute atomic E-state index is 9.49. The first-order valence-electron chi connectivity index (χ1n) is 5.48. The Bertz CT molecular complexity index is 557. The number of aromatic nitrogens is 1. The summed E-state index contributed by atoms with van der Waals surface area (Å²) < 4.78 is 1.11. The Balaban J connectivity index is 2.01. The second-order valence-electron chi connectivity index (χ2n) is 4.50. The predicted molar refractivity (Wildman–Crippen MR) is 75.9 cm³/mol. The smallest absolute Gasteiger partial charge is 0.133 e. The Morgan fingerprint density at radius 3 is 2.82 bits per heavy atom. The average Bonchev–Trinajstić information content (AvgIpc) is 2.83. The SMILES string of the molecule is Cc1nc(-c2cc(Br)cs2)sc1C1(CO)CC1. The van der Waals surface area contributed by atoms with Crippen LogP contribution in [0.4, 0.5) is 0 Å². The van der Waals surface area contributed by atoms with Gasteiger partial charge in [-0.05, 0) is 41.8 Å². The van der Waals surface area contributed by atoms with Gasteiger partial charge >= 0.3 is 0 Å². The Morgan fingerprint density at radius 2 is 2.29 bits per heavy atom. The molecule has 17 heavy (non-hydrogen) atoms. The van der Waals surface area contributed by atoms with Crippen molar-refractivity contribution in [1.29, 1.82) is 0 Å². The lowest BCUT2D eigenvalue weighted by atomic mass is 10.1. The molecule has 2 nitrogen and oxygen atoms in total. The highest BCUT2D eigenvalue weighted by Crippen LogP contribution is 2.52. The van der Waals surface area contributed by atoms with E-state index < -0.39 is 0 Å². The third-order valence-electron chi connectivity index (χ3n) is 3.21. The number of aliphatic hydroxyl groups excluding tert-OH is 1. The van der Waals surface area contributed by atoms with E-state index in [1.807, 2.05) is 6.92 Å². The van der Waals surface area contributed by atoms with Crippen molar-refractivity contribution in [3.05, 3.63) is 26.5 Å². The first-order chi connectivity index (χ1) is 8.14. The van der Waals surface area contributed by atoms with E-state index in [1.54, 1.807) is 22.7 Å². The summed E-state index contributed by atoms with van der Waals surface area (Å²) in [7, 11) is 0.